The molecule has 8 atom stereocenters. The standard InChI is InChI=1S/C44H42BrN3O8/c1-54-26-33-38(29-16-7-3-8-17-29)55-43(53)36-37-41(51)48(34(25-49)28-14-5-2-6-15-28)40(44(37)24-32(45)39(36)56-44)42(52)47(22-12-4-9-19-35(50)46-33)31-21-20-27-13-10-11-18-30(27)23-31/h2-8,10-18,20-21,23-24,33-34,36-40,49H,9,19,22,25-26H2,1H3,(H,46,50)/b12-4-/t33-,34-,36+,37-,38-,39+,40+,44-/m1/s1. The third kappa shape index (κ3) is 6.64. The average Bonchev–Trinajstić information content (AvgIpc) is 3.81. The summed E-state index contributed by atoms with van der Waals surface area (Å²) in [6.07, 6.45) is 4.02. The number of methoxy groups -OCH3 is 1. The Hall–Kier alpha value is -5.14. The summed E-state index contributed by atoms with van der Waals surface area (Å²) < 4.78 is 19.2. The number of likely N-dealkylation sites (tertiary alicyclic amines) is 1. The number of halogens is 1. The third-order valence-corrected chi connectivity index (χ3v) is 12.0. The van der Waals surface area contributed by atoms with Crippen molar-refractivity contribution in [3.8, 4) is 0 Å². The maximum Gasteiger partial charge on any atom is 0.313 e. The lowest BCUT2D eigenvalue weighted by molar-refractivity contribution is -0.162. The van der Waals surface area contributed by atoms with Crippen LogP contribution in [0.2, 0.25) is 0 Å². The predicted octanol–water partition coefficient (Wildman–Crippen LogP) is 5.55. The van der Waals surface area contributed by atoms with Crippen LogP contribution in [0.15, 0.2) is 126 Å². The summed E-state index contributed by atoms with van der Waals surface area (Å²) in [5, 5.41) is 16.0. The molecule has 288 valence electrons. The number of aliphatic hydroxyl groups excluding tert-OH is 1. The first-order valence-electron chi connectivity index (χ1n) is 18.8. The molecular weight excluding hydrogens is 778 g/mol. The van der Waals surface area contributed by atoms with Crippen LogP contribution in [-0.4, -0.2) is 84.4 Å². The summed E-state index contributed by atoms with van der Waals surface area (Å²) in [6, 6.07) is 28.7. The van der Waals surface area contributed by atoms with Gasteiger partial charge in [0.05, 0.1) is 31.2 Å². The monoisotopic (exact) mass is 819 g/mol. The second-order valence-corrected chi connectivity index (χ2v) is 15.5. The van der Waals surface area contributed by atoms with E-state index in [4.69, 9.17) is 14.2 Å². The Bertz CT molecular complexity index is 2200. The number of carbonyl (C=O) groups excluding carboxylic acids is 4. The fourth-order valence-electron chi connectivity index (χ4n) is 8.79. The van der Waals surface area contributed by atoms with Gasteiger partial charge < -0.3 is 34.4 Å². The van der Waals surface area contributed by atoms with Crippen molar-refractivity contribution in [3.05, 3.63) is 137 Å². The van der Waals surface area contributed by atoms with E-state index < -0.39 is 72.2 Å². The second kappa shape index (κ2) is 15.8. The molecule has 8 rings (SSSR count). The van der Waals surface area contributed by atoms with Crippen LogP contribution in [0.4, 0.5) is 5.69 Å². The lowest BCUT2D eigenvalue weighted by atomic mass is 9.74. The molecule has 1 spiro atoms. The number of anilines is 1. The lowest BCUT2D eigenvalue weighted by Gasteiger charge is -2.39. The van der Waals surface area contributed by atoms with Gasteiger partial charge in [-0.3, -0.25) is 19.2 Å². The highest BCUT2D eigenvalue weighted by molar-refractivity contribution is 9.11. The maximum atomic E-state index is 15.6. The van der Waals surface area contributed by atoms with Gasteiger partial charge in [-0.1, -0.05) is 119 Å². The first-order chi connectivity index (χ1) is 27.3. The van der Waals surface area contributed by atoms with Gasteiger partial charge in [-0.15, -0.1) is 0 Å². The molecule has 3 amide bonds. The Kier molecular flexibility index (Phi) is 10.6. The zero-order chi connectivity index (χ0) is 39.0. The minimum absolute atomic E-state index is 0.0369. The number of fused-ring (bicyclic) bond motifs is 3. The number of esters is 1. The number of allylic oxidation sites excluding steroid dienone is 1. The number of amides is 3. The molecule has 2 saturated heterocycles. The van der Waals surface area contributed by atoms with Crippen molar-refractivity contribution in [2.75, 3.05) is 31.8 Å². The van der Waals surface area contributed by atoms with Gasteiger partial charge >= 0.3 is 5.97 Å². The van der Waals surface area contributed by atoms with E-state index in [1.807, 2.05) is 91.0 Å². The number of hydrogen-bond acceptors (Lipinski definition) is 8. The zero-order valence-electron chi connectivity index (χ0n) is 30.7. The number of hydrogen-bond donors (Lipinski definition) is 2. The first kappa shape index (κ1) is 37.8. The van der Waals surface area contributed by atoms with Crippen molar-refractivity contribution < 1.29 is 38.5 Å². The number of ether oxygens (including phenoxy) is 3. The van der Waals surface area contributed by atoms with Crippen LogP contribution in [0.1, 0.15) is 36.1 Å². The molecule has 56 heavy (non-hydrogen) atoms. The molecule has 2 fully saturated rings. The van der Waals surface area contributed by atoms with Gasteiger partial charge in [0.1, 0.15) is 29.8 Å². The molecule has 12 heteroatoms. The summed E-state index contributed by atoms with van der Waals surface area (Å²) in [6.45, 7) is -0.347. The van der Waals surface area contributed by atoms with Crippen LogP contribution in [0.5, 0.6) is 0 Å². The maximum absolute atomic E-state index is 15.6. The van der Waals surface area contributed by atoms with E-state index in [1.165, 1.54) is 12.0 Å². The van der Waals surface area contributed by atoms with E-state index in [0.29, 0.717) is 27.7 Å². The molecule has 5 bridgehead atoms. The Morgan fingerprint density at radius 1 is 0.893 bits per heavy atom. The van der Waals surface area contributed by atoms with Crippen LogP contribution in [0, 0.1) is 11.8 Å². The number of nitrogens with one attached hydrogen (secondary N) is 1. The number of cyclic esters (lactones) is 1. The molecule has 4 aliphatic rings. The molecule has 4 heterocycles. The van der Waals surface area contributed by atoms with Gasteiger partial charge in [-0.2, -0.15) is 0 Å². The van der Waals surface area contributed by atoms with Crippen molar-refractivity contribution in [1.29, 1.82) is 0 Å². The fourth-order valence-corrected chi connectivity index (χ4v) is 9.53. The molecule has 0 aliphatic carbocycles. The van der Waals surface area contributed by atoms with Gasteiger partial charge in [-0.25, -0.2) is 0 Å². The summed E-state index contributed by atoms with van der Waals surface area (Å²) in [4.78, 5) is 61.9. The van der Waals surface area contributed by atoms with E-state index in [2.05, 4.69) is 21.2 Å². The summed E-state index contributed by atoms with van der Waals surface area (Å²) in [7, 11) is 1.51. The topological polar surface area (TPSA) is 135 Å². The number of aliphatic hydroxyl groups is 1. The van der Waals surface area contributed by atoms with E-state index in [9.17, 15) is 14.7 Å². The van der Waals surface area contributed by atoms with Crippen molar-refractivity contribution in [2.45, 2.75) is 48.8 Å². The van der Waals surface area contributed by atoms with Crippen LogP contribution < -0.4 is 10.2 Å². The Balaban J connectivity index is 1.29. The Labute approximate surface area is 333 Å². The molecular formula is C44H42BrN3O8. The largest absolute Gasteiger partial charge is 0.455 e. The quantitative estimate of drug-likeness (QED) is 0.183. The van der Waals surface area contributed by atoms with Gasteiger partial charge in [0.2, 0.25) is 11.8 Å². The Morgan fingerprint density at radius 3 is 2.34 bits per heavy atom. The molecule has 0 unspecified atom stereocenters. The van der Waals surface area contributed by atoms with E-state index in [1.54, 1.807) is 35.2 Å². The fraction of sp³-hybridized carbons (Fsp3) is 0.318. The first-order valence-corrected chi connectivity index (χ1v) is 19.6. The average molecular weight is 821 g/mol. The highest BCUT2D eigenvalue weighted by atomic mass is 79.9. The molecule has 2 N–H and O–H groups in total. The molecule has 0 aromatic heterocycles. The van der Waals surface area contributed by atoms with Crippen molar-refractivity contribution >= 4 is 56.1 Å². The van der Waals surface area contributed by atoms with Crippen LogP contribution in [-0.2, 0) is 33.4 Å². The Morgan fingerprint density at radius 2 is 1.61 bits per heavy atom. The molecule has 0 saturated carbocycles. The normalized spacial score (nSPS) is 29.2. The number of rotatable bonds is 7. The molecule has 4 aromatic rings. The summed E-state index contributed by atoms with van der Waals surface area (Å²) in [5.41, 5.74) is 0.230. The minimum Gasteiger partial charge on any atom is -0.455 e. The van der Waals surface area contributed by atoms with Crippen LogP contribution >= 0.6 is 15.9 Å². The highest BCUT2D eigenvalue weighted by Gasteiger charge is 2.75. The predicted molar refractivity (Wildman–Crippen MR) is 212 cm³/mol. The van der Waals surface area contributed by atoms with Gasteiger partial charge in [0.25, 0.3) is 5.91 Å². The number of benzene rings is 4. The van der Waals surface area contributed by atoms with Crippen molar-refractivity contribution in [2.24, 2.45) is 11.8 Å². The number of nitrogens with zero attached hydrogens (tertiary/aromatic N) is 2. The zero-order valence-corrected chi connectivity index (χ0v) is 32.3. The molecule has 4 aliphatic heterocycles. The van der Waals surface area contributed by atoms with Crippen molar-refractivity contribution in [3.63, 3.8) is 0 Å². The smallest absolute Gasteiger partial charge is 0.313 e. The van der Waals surface area contributed by atoms with E-state index >= 15 is 9.59 Å². The number of carbonyl (C=O) groups is 4. The molecule has 11 nitrogen and oxygen atoms in total. The van der Waals surface area contributed by atoms with Gasteiger partial charge in [-0.05, 0) is 46.5 Å². The van der Waals surface area contributed by atoms with Crippen molar-refractivity contribution in [1.82, 2.24) is 10.2 Å². The third-order valence-electron chi connectivity index (χ3n) is 11.3. The van der Waals surface area contributed by atoms with E-state index in [-0.39, 0.29) is 25.5 Å². The van der Waals surface area contributed by atoms with E-state index in [0.717, 1.165) is 10.8 Å². The molecule has 0 radical (unpaired) electrons. The lowest BCUT2D eigenvalue weighted by Crippen LogP contribution is -2.57. The second-order valence-electron chi connectivity index (χ2n) is 14.6. The van der Waals surface area contributed by atoms with Gasteiger partial charge in [0.15, 0.2) is 0 Å². The minimum atomic E-state index is -1.60. The van der Waals surface area contributed by atoms with Crippen LogP contribution in [0.3, 0.4) is 0 Å². The summed E-state index contributed by atoms with van der Waals surface area (Å²) >= 11 is 3.64. The highest BCUT2D eigenvalue weighted by Crippen LogP contribution is 2.60. The molecule has 4 aromatic carbocycles. The summed E-state index contributed by atoms with van der Waals surface area (Å²) in [5.74, 6) is -4.31. The van der Waals surface area contributed by atoms with Gasteiger partial charge in [0, 0.05) is 30.2 Å². The SMILES string of the molecule is COC[C@H]1NC(=O)CC/C=C\CN(c2ccc3ccccc3c2)C(=O)[C@@H]2N([C@H](CO)c3ccccc3)C(=O)[C@H]3[C@H](C(=O)O[C@@H]1c1ccccc1)[C@H]1O[C@@]23C=C1Br. The van der Waals surface area contributed by atoms with Crippen LogP contribution in [0.25, 0.3) is 10.8 Å².